The van der Waals surface area contributed by atoms with Gasteiger partial charge in [-0.1, -0.05) is 44.2 Å². The smallest absolute Gasteiger partial charge is 0.222 e. The van der Waals surface area contributed by atoms with E-state index in [1.807, 2.05) is 44.2 Å². The molecule has 0 aliphatic carbocycles. The molecule has 0 fully saturated rings. The van der Waals surface area contributed by atoms with Gasteiger partial charge in [0.1, 0.15) is 0 Å². The zero-order valence-corrected chi connectivity index (χ0v) is 13.6. The van der Waals surface area contributed by atoms with Gasteiger partial charge in [-0.25, -0.2) is 0 Å². The molecule has 0 saturated heterocycles. The average molecular weight is 319 g/mol. The fourth-order valence-electron chi connectivity index (χ4n) is 2.33. The largest absolute Gasteiger partial charge is 0.359 e. The van der Waals surface area contributed by atoms with Crippen LogP contribution < -0.4 is 16.0 Å². The number of rotatable bonds is 11. The molecular formula is C17H25N3O3. The van der Waals surface area contributed by atoms with Gasteiger partial charge in [-0.3, -0.25) is 14.4 Å². The molecule has 126 valence electrons. The van der Waals surface area contributed by atoms with Crippen LogP contribution >= 0.6 is 0 Å². The molecule has 0 saturated carbocycles. The lowest BCUT2D eigenvalue weighted by Gasteiger charge is -2.29. The summed E-state index contributed by atoms with van der Waals surface area (Å²) in [5, 5.41) is 8.41. The third-order valence-electron chi connectivity index (χ3n) is 3.58. The second kappa shape index (κ2) is 10.4. The number of amides is 3. The molecule has 0 aromatic heterocycles. The number of carbonyl (C=O) groups is 3. The minimum Gasteiger partial charge on any atom is -0.359 e. The van der Waals surface area contributed by atoms with Crippen LogP contribution in [0.5, 0.6) is 0 Å². The first-order valence-electron chi connectivity index (χ1n) is 7.82. The van der Waals surface area contributed by atoms with Crippen LogP contribution in [-0.2, 0) is 14.4 Å². The van der Waals surface area contributed by atoms with Crippen molar-refractivity contribution < 1.29 is 14.4 Å². The zero-order chi connectivity index (χ0) is 17.1. The van der Waals surface area contributed by atoms with Gasteiger partial charge in [-0.15, -0.1) is 0 Å². The van der Waals surface area contributed by atoms with E-state index in [2.05, 4.69) is 16.0 Å². The number of hydrogen-bond acceptors (Lipinski definition) is 3. The quantitative estimate of drug-likeness (QED) is 0.422. The van der Waals surface area contributed by atoms with E-state index in [0.29, 0.717) is 32.2 Å². The van der Waals surface area contributed by atoms with Gasteiger partial charge in [-0.05, 0) is 18.4 Å². The molecule has 6 nitrogen and oxygen atoms in total. The van der Waals surface area contributed by atoms with Gasteiger partial charge >= 0.3 is 0 Å². The Kier molecular flexibility index (Phi) is 8.42. The molecule has 23 heavy (non-hydrogen) atoms. The van der Waals surface area contributed by atoms with Gasteiger partial charge in [0.05, 0.1) is 12.1 Å². The summed E-state index contributed by atoms with van der Waals surface area (Å²) in [4.78, 5) is 33.4. The van der Waals surface area contributed by atoms with Crippen LogP contribution in [0.4, 0.5) is 0 Å². The Labute approximate surface area is 137 Å². The van der Waals surface area contributed by atoms with Crippen molar-refractivity contribution in [2.75, 3.05) is 6.54 Å². The molecule has 2 atom stereocenters. The summed E-state index contributed by atoms with van der Waals surface area (Å²) in [7, 11) is 0. The predicted molar refractivity (Wildman–Crippen MR) is 88.5 cm³/mol. The van der Waals surface area contributed by atoms with Crippen molar-refractivity contribution in [3.63, 3.8) is 0 Å². The first-order valence-corrected chi connectivity index (χ1v) is 7.82. The Hall–Kier alpha value is -2.37. The first-order chi connectivity index (χ1) is 11.1. The molecule has 1 aromatic carbocycles. The predicted octanol–water partition coefficient (Wildman–Crippen LogP) is 1.14. The Morgan fingerprint density at radius 3 is 2.39 bits per heavy atom. The standard InChI is InChI=1S/C17H25N3O3/c1-13(2)17(23)20-15(9-6-10-18-11-21)16(19-12-22)14-7-4-3-5-8-14/h3-5,7-8,11-13,15-16H,6,9-10H2,1-2H3,(H,18,21)(H,19,22)(H,20,23). The SMILES string of the molecule is CC(C)C(=O)NC(CCCNC=O)C(NC=O)c1ccccc1. The fraction of sp³-hybridized carbons (Fsp3) is 0.471. The van der Waals surface area contributed by atoms with E-state index < -0.39 is 0 Å². The fourth-order valence-corrected chi connectivity index (χ4v) is 2.33. The average Bonchev–Trinajstić information content (AvgIpc) is 2.56. The lowest BCUT2D eigenvalue weighted by Crippen LogP contribution is -2.46. The molecule has 0 radical (unpaired) electrons. The van der Waals surface area contributed by atoms with Crippen molar-refractivity contribution in [1.29, 1.82) is 0 Å². The van der Waals surface area contributed by atoms with E-state index in [0.717, 1.165) is 5.56 Å². The summed E-state index contributed by atoms with van der Waals surface area (Å²) in [6, 6.07) is 8.96. The topological polar surface area (TPSA) is 87.3 Å². The molecule has 0 heterocycles. The minimum atomic E-state index is -0.312. The Morgan fingerprint density at radius 2 is 1.83 bits per heavy atom. The number of hydrogen-bond donors (Lipinski definition) is 3. The van der Waals surface area contributed by atoms with Gasteiger partial charge in [-0.2, -0.15) is 0 Å². The molecule has 1 aromatic rings. The summed E-state index contributed by atoms with van der Waals surface area (Å²) in [6.45, 7) is 4.18. The van der Waals surface area contributed by atoms with E-state index in [1.54, 1.807) is 0 Å². The normalized spacial score (nSPS) is 13.0. The summed E-state index contributed by atoms with van der Waals surface area (Å²) in [5.41, 5.74) is 0.928. The van der Waals surface area contributed by atoms with Gasteiger partial charge in [0.15, 0.2) is 0 Å². The molecule has 2 unspecified atom stereocenters. The van der Waals surface area contributed by atoms with Crippen molar-refractivity contribution in [2.45, 2.75) is 38.8 Å². The molecule has 0 spiro atoms. The minimum absolute atomic E-state index is 0.0630. The molecule has 0 bridgehead atoms. The van der Waals surface area contributed by atoms with Crippen LogP contribution in [-0.4, -0.2) is 31.3 Å². The highest BCUT2D eigenvalue weighted by Gasteiger charge is 2.25. The summed E-state index contributed by atoms with van der Waals surface area (Å²) in [5.74, 6) is -0.203. The number of nitrogens with one attached hydrogen (secondary N) is 3. The third kappa shape index (κ3) is 6.50. The van der Waals surface area contributed by atoms with E-state index in [-0.39, 0.29) is 23.9 Å². The summed E-state index contributed by atoms with van der Waals surface area (Å²) in [6.07, 6.45) is 2.64. The van der Waals surface area contributed by atoms with E-state index in [9.17, 15) is 14.4 Å². The lowest BCUT2D eigenvalue weighted by molar-refractivity contribution is -0.125. The van der Waals surface area contributed by atoms with Crippen molar-refractivity contribution in [1.82, 2.24) is 16.0 Å². The highest BCUT2D eigenvalue weighted by atomic mass is 16.2. The monoisotopic (exact) mass is 319 g/mol. The van der Waals surface area contributed by atoms with Crippen LogP contribution in [0.25, 0.3) is 0 Å². The molecule has 3 N–H and O–H groups in total. The van der Waals surface area contributed by atoms with Crippen LogP contribution in [0, 0.1) is 5.92 Å². The van der Waals surface area contributed by atoms with Crippen molar-refractivity contribution in [2.24, 2.45) is 5.92 Å². The highest BCUT2D eigenvalue weighted by Crippen LogP contribution is 2.20. The molecule has 0 aliphatic heterocycles. The molecule has 3 amide bonds. The third-order valence-corrected chi connectivity index (χ3v) is 3.58. The Morgan fingerprint density at radius 1 is 1.13 bits per heavy atom. The Balaban J connectivity index is 2.89. The maximum absolute atomic E-state index is 12.1. The van der Waals surface area contributed by atoms with Gasteiger partial charge < -0.3 is 16.0 Å². The summed E-state index contributed by atoms with van der Waals surface area (Å²) >= 11 is 0. The van der Waals surface area contributed by atoms with Crippen LogP contribution in [0.2, 0.25) is 0 Å². The van der Waals surface area contributed by atoms with E-state index in [4.69, 9.17) is 0 Å². The zero-order valence-electron chi connectivity index (χ0n) is 13.6. The van der Waals surface area contributed by atoms with Crippen LogP contribution in [0.3, 0.4) is 0 Å². The van der Waals surface area contributed by atoms with E-state index >= 15 is 0 Å². The molecule has 0 aliphatic rings. The summed E-state index contributed by atoms with van der Waals surface area (Å²) < 4.78 is 0. The number of benzene rings is 1. The molecule has 1 rings (SSSR count). The van der Waals surface area contributed by atoms with E-state index in [1.165, 1.54) is 0 Å². The lowest BCUT2D eigenvalue weighted by atomic mass is 9.95. The van der Waals surface area contributed by atoms with Crippen molar-refractivity contribution >= 4 is 18.7 Å². The molecular weight excluding hydrogens is 294 g/mol. The second-order valence-electron chi connectivity index (χ2n) is 5.66. The first kappa shape index (κ1) is 18.7. The Bertz CT molecular complexity index is 491. The number of carbonyl (C=O) groups excluding carboxylic acids is 3. The highest BCUT2D eigenvalue weighted by molar-refractivity contribution is 5.78. The van der Waals surface area contributed by atoms with Crippen molar-refractivity contribution in [3.05, 3.63) is 35.9 Å². The van der Waals surface area contributed by atoms with Crippen LogP contribution in [0.15, 0.2) is 30.3 Å². The van der Waals surface area contributed by atoms with Gasteiger partial charge in [0.25, 0.3) is 0 Å². The van der Waals surface area contributed by atoms with Crippen molar-refractivity contribution in [3.8, 4) is 0 Å². The second-order valence-corrected chi connectivity index (χ2v) is 5.66. The van der Waals surface area contributed by atoms with Crippen LogP contribution in [0.1, 0.15) is 38.3 Å². The van der Waals surface area contributed by atoms with Gasteiger partial charge in [0, 0.05) is 12.5 Å². The molecule has 6 heteroatoms. The maximum atomic E-state index is 12.1. The maximum Gasteiger partial charge on any atom is 0.222 e. The van der Waals surface area contributed by atoms with Gasteiger partial charge in [0.2, 0.25) is 18.7 Å².